The number of likely N-dealkylation sites (tertiary alicyclic amines) is 1. The molecule has 1 N–H and O–H groups in total. The molecule has 1 atom stereocenters. The third kappa shape index (κ3) is 4.39. The number of imidazole rings is 1. The van der Waals surface area contributed by atoms with Crippen LogP contribution in [0.4, 0.5) is 0 Å². The number of amides is 1. The quantitative estimate of drug-likeness (QED) is 0.710. The standard InChI is InChI=1S/C21H26N4OS/c1-16-7-9-24(10-8-16)19(17-5-3-2-4-6-17)14-22-20(26)13-18-15-25-11-12-27-21(25)23-18/h2-6,11-12,15-16,19H,7-10,13-14H2,1H3,(H,22,26). The van der Waals surface area contributed by atoms with Gasteiger partial charge in [-0.25, -0.2) is 4.98 Å². The predicted octanol–water partition coefficient (Wildman–Crippen LogP) is 3.53. The molecule has 1 saturated heterocycles. The van der Waals surface area contributed by atoms with Crippen molar-refractivity contribution in [2.24, 2.45) is 5.92 Å². The van der Waals surface area contributed by atoms with E-state index in [1.54, 1.807) is 11.3 Å². The maximum atomic E-state index is 12.5. The number of piperidine rings is 1. The Labute approximate surface area is 164 Å². The van der Waals surface area contributed by atoms with Crippen LogP contribution >= 0.6 is 11.3 Å². The minimum atomic E-state index is 0.0343. The number of benzene rings is 1. The highest BCUT2D eigenvalue weighted by Gasteiger charge is 2.25. The van der Waals surface area contributed by atoms with Crippen molar-refractivity contribution < 1.29 is 4.79 Å². The summed E-state index contributed by atoms with van der Waals surface area (Å²) < 4.78 is 1.97. The van der Waals surface area contributed by atoms with Gasteiger partial charge in [0.05, 0.1) is 18.2 Å². The smallest absolute Gasteiger partial charge is 0.226 e. The van der Waals surface area contributed by atoms with Crippen LogP contribution in [0.3, 0.4) is 0 Å². The summed E-state index contributed by atoms with van der Waals surface area (Å²) in [5.74, 6) is 0.828. The topological polar surface area (TPSA) is 49.6 Å². The summed E-state index contributed by atoms with van der Waals surface area (Å²) in [6.45, 7) is 5.15. The van der Waals surface area contributed by atoms with Gasteiger partial charge in [-0.1, -0.05) is 37.3 Å². The summed E-state index contributed by atoms with van der Waals surface area (Å²) in [6.07, 6.45) is 6.68. The molecule has 1 fully saturated rings. The molecule has 2 aromatic heterocycles. The maximum absolute atomic E-state index is 12.5. The zero-order chi connectivity index (χ0) is 18.6. The van der Waals surface area contributed by atoms with Crippen molar-refractivity contribution in [3.05, 3.63) is 59.4 Å². The summed E-state index contributed by atoms with van der Waals surface area (Å²) in [4.78, 5) is 20.5. The van der Waals surface area contributed by atoms with Gasteiger partial charge in [-0.05, 0) is 37.4 Å². The molecule has 0 spiro atoms. The van der Waals surface area contributed by atoms with Crippen LogP contribution in [0.25, 0.3) is 4.96 Å². The highest BCUT2D eigenvalue weighted by atomic mass is 32.1. The number of aromatic nitrogens is 2. The molecule has 1 aliphatic heterocycles. The Balaban J connectivity index is 1.40. The third-order valence-corrected chi connectivity index (χ3v) is 6.19. The Hall–Kier alpha value is -2.18. The van der Waals surface area contributed by atoms with E-state index in [2.05, 4.69) is 46.4 Å². The lowest BCUT2D eigenvalue weighted by atomic mass is 9.95. The monoisotopic (exact) mass is 382 g/mol. The zero-order valence-corrected chi connectivity index (χ0v) is 16.5. The number of nitrogens with one attached hydrogen (secondary N) is 1. The molecule has 27 heavy (non-hydrogen) atoms. The molecule has 0 radical (unpaired) electrons. The molecular formula is C21H26N4OS. The van der Waals surface area contributed by atoms with Crippen molar-refractivity contribution in [3.8, 4) is 0 Å². The Kier molecular flexibility index (Phi) is 5.55. The van der Waals surface area contributed by atoms with Gasteiger partial charge in [-0.3, -0.25) is 14.1 Å². The molecule has 142 valence electrons. The van der Waals surface area contributed by atoms with E-state index in [4.69, 9.17) is 0 Å². The van der Waals surface area contributed by atoms with Crippen LogP contribution in [0.15, 0.2) is 48.1 Å². The fourth-order valence-electron chi connectivity index (χ4n) is 3.77. The first-order chi connectivity index (χ1) is 13.2. The van der Waals surface area contributed by atoms with Crippen LogP contribution in [0, 0.1) is 5.92 Å². The lowest BCUT2D eigenvalue weighted by Gasteiger charge is -2.37. The Bertz CT molecular complexity index is 851. The molecule has 1 aromatic carbocycles. The molecule has 1 unspecified atom stereocenters. The zero-order valence-electron chi connectivity index (χ0n) is 15.7. The molecular weight excluding hydrogens is 356 g/mol. The van der Waals surface area contributed by atoms with Crippen LogP contribution < -0.4 is 5.32 Å². The van der Waals surface area contributed by atoms with Crippen LogP contribution in [0.5, 0.6) is 0 Å². The Morgan fingerprint density at radius 3 is 2.81 bits per heavy atom. The fourth-order valence-corrected chi connectivity index (χ4v) is 4.49. The molecule has 3 heterocycles. The van der Waals surface area contributed by atoms with Gasteiger partial charge < -0.3 is 5.32 Å². The van der Waals surface area contributed by atoms with E-state index in [-0.39, 0.29) is 11.9 Å². The second kappa shape index (κ2) is 8.23. The number of hydrogen-bond acceptors (Lipinski definition) is 4. The van der Waals surface area contributed by atoms with Gasteiger partial charge >= 0.3 is 0 Å². The normalized spacial score (nSPS) is 17.2. The van der Waals surface area contributed by atoms with Crippen molar-refractivity contribution in [3.63, 3.8) is 0 Å². The number of rotatable bonds is 6. The highest BCUT2D eigenvalue weighted by Crippen LogP contribution is 2.26. The van der Waals surface area contributed by atoms with Crippen LogP contribution in [0.2, 0.25) is 0 Å². The molecule has 0 saturated carbocycles. The SMILES string of the molecule is CC1CCN(C(CNC(=O)Cc2cn3ccsc3n2)c2ccccc2)CC1. The van der Waals surface area contributed by atoms with E-state index in [1.165, 1.54) is 18.4 Å². The van der Waals surface area contributed by atoms with Gasteiger partial charge in [0.25, 0.3) is 0 Å². The van der Waals surface area contributed by atoms with Gasteiger partial charge in [0.15, 0.2) is 4.96 Å². The first-order valence-electron chi connectivity index (χ1n) is 9.66. The minimum absolute atomic E-state index is 0.0343. The summed E-state index contributed by atoms with van der Waals surface area (Å²) in [5, 5.41) is 5.14. The summed E-state index contributed by atoms with van der Waals surface area (Å²) in [6, 6.07) is 10.8. The Morgan fingerprint density at radius 1 is 1.30 bits per heavy atom. The van der Waals surface area contributed by atoms with E-state index < -0.39 is 0 Å². The average Bonchev–Trinajstić information content (AvgIpc) is 3.26. The number of hydrogen-bond donors (Lipinski definition) is 1. The molecule has 5 nitrogen and oxygen atoms in total. The fraction of sp³-hybridized carbons (Fsp3) is 0.429. The van der Waals surface area contributed by atoms with E-state index in [9.17, 15) is 4.79 Å². The summed E-state index contributed by atoms with van der Waals surface area (Å²) in [5.41, 5.74) is 2.09. The minimum Gasteiger partial charge on any atom is -0.354 e. The predicted molar refractivity (Wildman–Crippen MR) is 109 cm³/mol. The van der Waals surface area contributed by atoms with Gasteiger partial charge in [0.1, 0.15) is 0 Å². The van der Waals surface area contributed by atoms with Gasteiger partial charge in [-0.2, -0.15) is 0 Å². The maximum Gasteiger partial charge on any atom is 0.226 e. The van der Waals surface area contributed by atoms with Crippen molar-refractivity contribution in [2.75, 3.05) is 19.6 Å². The van der Waals surface area contributed by atoms with Gasteiger partial charge in [0, 0.05) is 24.3 Å². The second-order valence-corrected chi connectivity index (χ2v) is 8.32. The van der Waals surface area contributed by atoms with Crippen LogP contribution in [-0.4, -0.2) is 39.8 Å². The first-order valence-corrected chi connectivity index (χ1v) is 10.5. The summed E-state index contributed by atoms with van der Waals surface area (Å²) >= 11 is 1.58. The van der Waals surface area contributed by atoms with Gasteiger partial charge in [-0.15, -0.1) is 11.3 Å². The van der Waals surface area contributed by atoms with Crippen molar-refractivity contribution >= 4 is 22.2 Å². The van der Waals surface area contributed by atoms with Crippen molar-refractivity contribution in [2.45, 2.75) is 32.2 Å². The average molecular weight is 383 g/mol. The lowest BCUT2D eigenvalue weighted by molar-refractivity contribution is -0.120. The number of nitrogens with zero attached hydrogens (tertiary/aromatic N) is 3. The number of thiazole rings is 1. The molecule has 1 aliphatic rings. The molecule has 4 rings (SSSR count). The van der Waals surface area contributed by atoms with Crippen LogP contribution in [-0.2, 0) is 11.2 Å². The molecule has 3 aromatic rings. The lowest BCUT2D eigenvalue weighted by Crippen LogP contribution is -2.42. The van der Waals surface area contributed by atoms with E-state index in [1.807, 2.05) is 28.2 Å². The first kappa shape index (κ1) is 18.2. The Morgan fingerprint density at radius 2 is 2.07 bits per heavy atom. The second-order valence-electron chi connectivity index (χ2n) is 7.45. The van der Waals surface area contributed by atoms with Crippen molar-refractivity contribution in [1.82, 2.24) is 19.6 Å². The number of carbonyl (C=O) groups excluding carboxylic acids is 1. The number of carbonyl (C=O) groups is 1. The largest absolute Gasteiger partial charge is 0.354 e. The molecule has 0 bridgehead atoms. The molecule has 6 heteroatoms. The van der Waals surface area contributed by atoms with E-state index in [0.717, 1.165) is 29.7 Å². The summed E-state index contributed by atoms with van der Waals surface area (Å²) in [7, 11) is 0. The van der Waals surface area contributed by atoms with Crippen molar-refractivity contribution in [1.29, 1.82) is 0 Å². The third-order valence-electron chi connectivity index (χ3n) is 5.42. The van der Waals surface area contributed by atoms with E-state index in [0.29, 0.717) is 13.0 Å². The van der Waals surface area contributed by atoms with Crippen LogP contribution in [0.1, 0.15) is 37.1 Å². The van der Waals surface area contributed by atoms with Gasteiger partial charge in [0.2, 0.25) is 5.91 Å². The highest BCUT2D eigenvalue weighted by molar-refractivity contribution is 7.15. The molecule has 0 aliphatic carbocycles. The molecule has 1 amide bonds. The van der Waals surface area contributed by atoms with E-state index >= 15 is 0 Å². The number of fused-ring (bicyclic) bond motifs is 1.